The Morgan fingerprint density at radius 3 is 2.33 bits per heavy atom. The van der Waals surface area contributed by atoms with Gasteiger partial charge >= 0.3 is 5.97 Å². The van der Waals surface area contributed by atoms with Crippen molar-refractivity contribution in [1.29, 1.82) is 5.26 Å². The molecule has 0 saturated heterocycles. The van der Waals surface area contributed by atoms with Gasteiger partial charge in [-0.15, -0.1) is 0 Å². The molecule has 6 heteroatoms. The third-order valence-corrected chi connectivity index (χ3v) is 4.39. The Morgan fingerprint density at radius 1 is 1.03 bits per heavy atom. The van der Waals surface area contributed by atoms with E-state index in [1.54, 1.807) is 24.3 Å². The molecule has 0 aliphatic rings. The summed E-state index contributed by atoms with van der Waals surface area (Å²) in [6.45, 7) is 2.85. The van der Waals surface area contributed by atoms with E-state index in [0.29, 0.717) is 17.9 Å². The van der Waals surface area contributed by atoms with Crippen LogP contribution in [0.4, 0.5) is 5.69 Å². The van der Waals surface area contributed by atoms with E-state index in [9.17, 15) is 14.9 Å². The smallest absolute Gasteiger partial charge is 0.337 e. The van der Waals surface area contributed by atoms with E-state index in [2.05, 4.69) is 17.0 Å². The number of amides is 1. The lowest BCUT2D eigenvalue weighted by atomic mass is 10.1. The summed E-state index contributed by atoms with van der Waals surface area (Å²) >= 11 is 0. The molecular formula is C24H26N2O4. The SMILES string of the molecule is CCCCCCOc1ccc(/C=C(/C#N)C(=O)Nc2ccc(C(=O)OC)cc2)cc1. The standard InChI is InChI=1S/C24H26N2O4/c1-3-4-5-6-15-30-22-13-7-18(8-14-22)16-20(17-25)23(27)26-21-11-9-19(10-12-21)24(28)29-2/h7-14,16H,3-6,15H2,1-2H3,(H,26,27)/b20-16-. The van der Waals surface area contributed by atoms with Gasteiger partial charge < -0.3 is 14.8 Å². The molecular weight excluding hydrogens is 380 g/mol. The zero-order valence-electron chi connectivity index (χ0n) is 17.3. The highest BCUT2D eigenvalue weighted by Crippen LogP contribution is 2.17. The fourth-order valence-electron chi connectivity index (χ4n) is 2.70. The summed E-state index contributed by atoms with van der Waals surface area (Å²) in [5.41, 5.74) is 1.54. The molecule has 0 spiro atoms. The second-order valence-corrected chi connectivity index (χ2v) is 6.67. The van der Waals surface area contributed by atoms with Gasteiger partial charge in [-0.3, -0.25) is 4.79 Å². The number of hydrogen-bond donors (Lipinski definition) is 1. The van der Waals surface area contributed by atoms with Gasteiger partial charge in [0.1, 0.15) is 17.4 Å². The maximum absolute atomic E-state index is 12.4. The maximum atomic E-state index is 12.4. The number of nitrogens with one attached hydrogen (secondary N) is 1. The highest BCUT2D eigenvalue weighted by atomic mass is 16.5. The van der Waals surface area contributed by atoms with Crippen LogP contribution in [0.3, 0.4) is 0 Å². The highest BCUT2D eigenvalue weighted by Gasteiger charge is 2.11. The number of methoxy groups -OCH3 is 1. The molecule has 0 aliphatic heterocycles. The number of nitriles is 1. The summed E-state index contributed by atoms with van der Waals surface area (Å²) in [6.07, 6.45) is 6.09. The highest BCUT2D eigenvalue weighted by molar-refractivity contribution is 6.09. The minimum Gasteiger partial charge on any atom is -0.494 e. The van der Waals surface area contributed by atoms with Crippen molar-refractivity contribution in [2.75, 3.05) is 19.0 Å². The van der Waals surface area contributed by atoms with Gasteiger partial charge in [0.15, 0.2) is 0 Å². The summed E-state index contributed by atoms with van der Waals surface area (Å²) < 4.78 is 10.3. The van der Waals surface area contributed by atoms with Crippen LogP contribution in [0.5, 0.6) is 5.75 Å². The number of benzene rings is 2. The molecule has 0 atom stereocenters. The lowest BCUT2D eigenvalue weighted by Crippen LogP contribution is -2.13. The summed E-state index contributed by atoms with van der Waals surface area (Å²) in [7, 11) is 1.30. The van der Waals surface area contributed by atoms with Gasteiger partial charge in [-0.2, -0.15) is 5.26 Å². The fourth-order valence-corrected chi connectivity index (χ4v) is 2.70. The molecule has 30 heavy (non-hydrogen) atoms. The van der Waals surface area contributed by atoms with Crippen LogP contribution in [0.25, 0.3) is 6.08 Å². The zero-order chi connectivity index (χ0) is 21.8. The molecule has 0 heterocycles. The van der Waals surface area contributed by atoms with E-state index >= 15 is 0 Å². The second kappa shape index (κ2) is 12.1. The number of hydrogen-bond acceptors (Lipinski definition) is 5. The maximum Gasteiger partial charge on any atom is 0.337 e. The zero-order valence-corrected chi connectivity index (χ0v) is 17.3. The van der Waals surface area contributed by atoms with Crippen molar-refractivity contribution in [3.63, 3.8) is 0 Å². The minimum absolute atomic E-state index is 0.0275. The van der Waals surface area contributed by atoms with Gasteiger partial charge in [0.2, 0.25) is 0 Å². The average Bonchev–Trinajstić information content (AvgIpc) is 2.78. The number of rotatable bonds is 10. The Morgan fingerprint density at radius 2 is 1.73 bits per heavy atom. The minimum atomic E-state index is -0.528. The molecule has 1 N–H and O–H groups in total. The van der Waals surface area contributed by atoms with Gasteiger partial charge in [0, 0.05) is 5.69 Å². The van der Waals surface area contributed by atoms with Gasteiger partial charge in [-0.05, 0) is 54.5 Å². The molecule has 0 saturated carbocycles. The lowest BCUT2D eigenvalue weighted by Gasteiger charge is -2.07. The van der Waals surface area contributed by atoms with E-state index in [0.717, 1.165) is 24.2 Å². The van der Waals surface area contributed by atoms with Crippen molar-refractivity contribution in [2.45, 2.75) is 32.6 Å². The van der Waals surface area contributed by atoms with Crippen molar-refractivity contribution in [1.82, 2.24) is 0 Å². The summed E-state index contributed by atoms with van der Waals surface area (Å²) in [6, 6.07) is 15.4. The van der Waals surface area contributed by atoms with E-state index in [1.807, 2.05) is 18.2 Å². The molecule has 0 bridgehead atoms. The quantitative estimate of drug-likeness (QED) is 0.260. The van der Waals surface area contributed by atoms with Crippen LogP contribution in [0.2, 0.25) is 0 Å². The Bertz CT molecular complexity index is 910. The molecule has 6 nitrogen and oxygen atoms in total. The Balaban J connectivity index is 1.96. The predicted octanol–water partition coefficient (Wildman–Crippen LogP) is 4.98. The first-order valence-corrected chi connectivity index (χ1v) is 9.91. The molecule has 1 amide bonds. The van der Waals surface area contributed by atoms with Crippen LogP contribution in [0.1, 0.15) is 48.5 Å². The molecule has 0 aliphatic carbocycles. The number of esters is 1. The second-order valence-electron chi connectivity index (χ2n) is 6.67. The van der Waals surface area contributed by atoms with Crippen LogP contribution >= 0.6 is 0 Å². The molecule has 2 aromatic carbocycles. The van der Waals surface area contributed by atoms with Gasteiger partial charge in [0.25, 0.3) is 5.91 Å². The van der Waals surface area contributed by atoms with E-state index < -0.39 is 11.9 Å². The number of ether oxygens (including phenoxy) is 2. The van der Waals surface area contributed by atoms with Gasteiger partial charge in [-0.25, -0.2) is 4.79 Å². The first-order valence-electron chi connectivity index (χ1n) is 9.91. The summed E-state index contributed by atoms with van der Waals surface area (Å²) in [4.78, 5) is 23.9. The van der Waals surface area contributed by atoms with Gasteiger partial charge in [0.05, 0.1) is 19.3 Å². The third-order valence-electron chi connectivity index (χ3n) is 4.39. The Kier molecular flexibility index (Phi) is 9.14. The van der Waals surface area contributed by atoms with Crippen molar-refractivity contribution >= 4 is 23.6 Å². The largest absolute Gasteiger partial charge is 0.494 e. The molecule has 0 radical (unpaired) electrons. The first-order chi connectivity index (χ1) is 14.6. The van der Waals surface area contributed by atoms with E-state index in [-0.39, 0.29) is 5.57 Å². The molecule has 0 unspecified atom stereocenters. The molecule has 0 aromatic heterocycles. The third kappa shape index (κ3) is 7.10. The Hall–Kier alpha value is -3.59. The van der Waals surface area contributed by atoms with E-state index in [4.69, 9.17) is 4.74 Å². The van der Waals surface area contributed by atoms with Crippen molar-refractivity contribution in [3.05, 3.63) is 65.2 Å². The van der Waals surface area contributed by atoms with Crippen LogP contribution in [-0.2, 0) is 9.53 Å². The van der Waals surface area contributed by atoms with E-state index in [1.165, 1.54) is 38.2 Å². The fraction of sp³-hybridized carbons (Fsp3) is 0.292. The molecule has 2 aromatic rings. The topological polar surface area (TPSA) is 88.4 Å². The number of carbonyl (C=O) groups is 2. The molecule has 0 fully saturated rings. The van der Waals surface area contributed by atoms with Crippen molar-refractivity contribution in [2.24, 2.45) is 0 Å². The monoisotopic (exact) mass is 406 g/mol. The summed E-state index contributed by atoms with van der Waals surface area (Å²) in [5, 5.41) is 12.0. The van der Waals surface area contributed by atoms with Crippen LogP contribution in [0.15, 0.2) is 54.1 Å². The molecule has 156 valence electrons. The normalized spacial score (nSPS) is 10.8. The summed E-state index contributed by atoms with van der Waals surface area (Å²) in [5.74, 6) is -0.226. The van der Waals surface area contributed by atoms with Crippen LogP contribution in [-0.4, -0.2) is 25.6 Å². The van der Waals surface area contributed by atoms with Crippen molar-refractivity contribution < 1.29 is 19.1 Å². The van der Waals surface area contributed by atoms with Crippen LogP contribution < -0.4 is 10.1 Å². The lowest BCUT2D eigenvalue weighted by molar-refractivity contribution is -0.112. The van der Waals surface area contributed by atoms with Crippen LogP contribution in [0, 0.1) is 11.3 Å². The number of nitrogens with zero attached hydrogens (tertiary/aromatic N) is 1. The first kappa shape index (κ1) is 22.7. The van der Waals surface area contributed by atoms with Crippen molar-refractivity contribution in [3.8, 4) is 11.8 Å². The number of unbranched alkanes of at least 4 members (excludes halogenated alkanes) is 3. The van der Waals surface area contributed by atoms with Gasteiger partial charge in [-0.1, -0.05) is 38.3 Å². The molecule has 2 rings (SSSR count). The predicted molar refractivity (Wildman–Crippen MR) is 116 cm³/mol. The number of carbonyl (C=O) groups excluding carboxylic acids is 2. The Labute approximate surface area is 177 Å². The average molecular weight is 406 g/mol. The number of anilines is 1.